The third-order valence-electron chi connectivity index (χ3n) is 6.53. The van der Waals surface area contributed by atoms with Crippen LogP contribution in [-0.4, -0.2) is 24.8 Å². The zero-order chi connectivity index (χ0) is 9.52. The summed E-state index contributed by atoms with van der Waals surface area (Å²) in [6, 6.07) is 0. The van der Waals surface area contributed by atoms with Gasteiger partial charge in [0, 0.05) is 23.7 Å². The SMILES string of the molecule is O=C1C2C3C4C1C1C2C3C4C12OCCO2. The number of Topliss-reactive ketones (excluding diaryl/α,β-unsaturated/α-hetero) is 1. The highest BCUT2D eigenvalue weighted by Gasteiger charge is 2.95. The summed E-state index contributed by atoms with van der Waals surface area (Å²) in [5.41, 5.74) is 0. The van der Waals surface area contributed by atoms with Gasteiger partial charge in [-0.25, -0.2) is 0 Å². The highest BCUT2D eigenvalue weighted by atomic mass is 16.7. The second-order valence-corrected chi connectivity index (χ2v) is 6.23. The largest absolute Gasteiger partial charge is 0.347 e. The van der Waals surface area contributed by atoms with Gasteiger partial charge in [-0.3, -0.25) is 4.79 Å². The fraction of sp³-hybridized carbons (Fsp3) is 0.917. The number of rotatable bonds is 0. The molecular weight excluding hydrogens is 192 g/mol. The molecule has 1 heterocycles. The van der Waals surface area contributed by atoms with Crippen molar-refractivity contribution in [3.8, 4) is 0 Å². The summed E-state index contributed by atoms with van der Waals surface area (Å²) >= 11 is 0. The minimum Gasteiger partial charge on any atom is -0.347 e. The normalized spacial score (nSPS) is 72.9. The Morgan fingerprint density at radius 3 is 2.33 bits per heavy atom. The Morgan fingerprint density at radius 2 is 1.67 bits per heavy atom. The van der Waals surface area contributed by atoms with Crippen molar-refractivity contribution in [3.05, 3.63) is 0 Å². The van der Waals surface area contributed by atoms with Gasteiger partial charge in [-0.2, -0.15) is 0 Å². The third-order valence-corrected chi connectivity index (χ3v) is 6.53. The maximum Gasteiger partial charge on any atom is 0.175 e. The molecule has 3 heteroatoms. The minimum absolute atomic E-state index is 0.276. The van der Waals surface area contributed by atoms with Crippen LogP contribution in [-0.2, 0) is 14.3 Å². The molecule has 4 bridgehead atoms. The molecule has 1 spiro atoms. The van der Waals surface area contributed by atoms with E-state index in [9.17, 15) is 4.79 Å². The molecular formula is C12H12O3. The number of hydrogen-bond acceptors (Lipinski definition) is 3. The minimum atomic E-state index is -0.276. The van der Waals surface area contributed by atoms with Crippen molar-refractivity contribution >= 4 is 5.78 Å². The van der Waals surface area contributed by atoms with Crippen LogP contribution in [0.2, 0.25) is 0 Å². The van der Waals surface area contributed by atoms with Crippen molar-refractivity contribution in [2.75, 3.05) is 13.2 Å². The molecule has 0 aromatic heterocycles. The molecule has 15 heavy (non-hydrogen) atoms. The van der Waals surface area contributed by atoms with Gasteiger partial charge in [-0.15, -0.1) is 0 Å². The zero-order valence-corrected chi connectivity index (χ0v) is 8.26. The molecule has 0 radical (unpaired) electrons. The zero-order valence-electron chi connectivity index (χ0n) is 8.26. The Balaban J connectivity index is 1.66. The lowest BCUT2D eigenvalue weighted by molar-refractivity contribution is -0.225. The van der Waals surface area contributed by atoms with E-state index >= 15 is 0 Å². The fourth-order valence-electron chi connectivity index (χ4n) is 6.65. The van der Waals surface area contributed by atoms with E-state index in [1.54, 1.807) is 0 Å². The van der Waals surface area contributed by atoms with Crippen molar-refractivity contribution < 1.29 is 14.3 Å². The third kappa shape index (κ3) is 0.388. The average Bonchev–Trinajstić information content (AvgIpc) is 2.87. The molecule has 0 N–H and O–H groups in total. The topological polar surface area (TPSA) is 35.5 Å². The quantitative estimate of drug-likeness (QED) is 0.569. The van der Waals surface area contributed by atoms with Crippen LogP contribution in [0.25, 0.3) is 0 Å². The van der Waals surface area contributed by atoms with Crippen LogP contribution in [0, 0.1) is 47.3 Å². The molecule has 6 saturated carbocycles. The molecule has 3 nitrogen and oxygen atoms in total. The standard InChI is InChI=1S/C12H12O3/c13-11-7-3-4-6(7)10-8(11)5(3)9(4)12(10)14-1-2-15-12/h3-10H,1-2H2. The molecule has 7 rings (SSSR count). The predicted octanol–water partition coefficient (Wildman–Crippen LogP) is 0.296. The Labute approximate surface area is 87.1 Å². The molecule has 0 aromatic carbocycles. The first-order valence-electron chi connectivity index (χ1n) is 6.18. The highest BCUT2D eigenvalue weighted by Crippen LogP contribution is 2.90. The molecule has 8 atom stereocenters. The van der Waals surface area contributed by atoms with E-state index in [0.29, 0.717) is 41.3 Å². The predicted molar refractivity (Wildman–Crippen MR) is 47.6 cm³/mol. The molecule has 7 aliphatic rings. The smallest absolute Gasteiger partial charge is 0.175 e. The monoisotopic (exact) mass is 204 g/mol. The van der Waals surface area contributed by atoms with E-state index in [-0.39, 0.29) is 5.79 Å². The van der Waals surface area contributed by atoms with Crippen molar-refractivity contribution in [2.45, 2.75) is 5.79 Å². The summed E-state index contributed by atoms with van der Waals surface area (Å²) in [6.45, 7) is 1.49. The number of hydrogen-bond donors (Lipinski definition) is 0. The molecule has 0 amide bonds. The summed E-state index contributed by atoms with van der Waals surface area (Å²) < 4.78 is 11.9. The van der Waals surface area contributed by atoms with E-state index in [1.807, 2.05) is 0 Å². The first-order chi connectivity index (χ1) is 7.36. The summed E-state index contributed by atoms with van der Waals surface area (Å²) in [5.74, 6) is 5.07. The number of carbonyl (C=O) groups excluding carboxylic acids is 1. The van der Waals surface area contributed by atoms with E-state index < -0.39 is 0 Å². The molecule has 8 unspecified atom stereocenters. The van der Waals surface area contributed by atoms with Gasteiger partial charge in [0.2, 0.25) is 0 Å². The van der Waals surface area contributed by atoms with Gasteiger partial charge in [0.15, 0.2) is 5.79 Å². The number of ketones is 1. The summed E-state index contributed by atoms with van der Waals surface area (Å²) in [6.07, 6.45) is 0. The summed E-state index contributed by atoms with van der Waals surface area (Å²) in [4.78, 5) is 12.1. The van der Waals surface area contributed by atoms with Crippen LogP contribution < -0.4 is 0 Å². The van der Waals surface area contributed by atoms with Crippen LogP contribution in [0.1, 0.15) is 0 Å². The second-order valence-electron chi connectivity index (χ2n) is 6.23. The summed E-state index contributed by atoms with van der Waals surface area (Å²) in [7, 11) is 0. The van der Waals surface area contributed by atoms with Crippen molar-refractivity contribution in [2.24, 2.45) is 47.3 Å². The van der Waals surface area contributed by atoms with Gasteiger partial charge >= 0.3 is 0 Å². The lowest BCUT2D eigenvalue weighted by Crippen LogP contribution is -2.61. The van der Waals surface area contributed by atoms with Crippen LogP contribution in [0.3, 0.4) is 0 Å². The van der Waals surface area contributed by atoms with Gasteiger partial charge in [0.25, 0.3) is 0 Å². The Hall–Kier alpha value is -0.410. The first kappa shape index (κ1) is 7.02. The molecule has 1 aliphatic heterocycles. The summed E-state index contributed by atoms with van der Waals surface area (Å²) in [5, 5.41) is 0. The molecule has 6 aliphatic carbocycles. The Kier molecular flexibility index (Phi) is 0.753. The van der Waals surface area contributed by atoms with E-state index in [0.717, 1.165) is 25.0 Å². The van der Waals surface area contributed by atoms with Gasteiger partial charge in [-0.05, 0) is 23.7 Å². The molecule has 78 valence electrons. The van der Waals surface area contributed by atoms with Gasteiger partial charge in [-0.1, -0.05) is 0 Å². The molecule has 7 fully saturated rings. The molecule has 0 aromatic rings. The number of ether oxygens (including phenoxy) is 2. The Bertz CT molecular complexity index is 425. The average molecular weight is 204 g/mol. The molecule has 1 saturated heterocycles. The highest BCUT2D eigenvalue weighted by molar-refractivity contribution is 5.94. The second kappa shape index (κ2) is 1.61. The maximum absolute atomic E-state index is 12.1. The van der Waals surface area contributed by atoms with Gasteiger partial charge in [0.05, 0.1) is 13.2 Å². The van der Waals surface area contributed by atoms with E-state index in [4.69, 9.17) is 9.47 Å². The maximum atomic E-state index is 12.1. The fourth-order valence-corrected chi connectivity index (χ4v) is 6.65. The van der Waals surface area contributed by atoms with E-state index in [1.165, 1.54) is 0 Å². The number of carbonyl (C=O) groups is 1. The van der Waals surface area contributed by atoms with Crippen LogP contribution in [0.5, 0.6) is 0 Å². The van der Waals surface area contributed by atoms with Crippen LogP contribution in [0.15, 0.2) is 0 Å². The van der Waals surface area contributed by atoms with Crippen molar-refractivity contribution in [3.63, 3.8) is 0 Å². The van der Waals surface area contributed by atoms with Gasteiger partial charge in [0.1, 0.15) is 5.78 Å². The van der Waals surface area contributed by atoms with Crippen molar-refractivity contribution in [1.82, 2.24) is 0 Å². The van der Waals surface area contributed by atoms with E-state index in [2.05, 4.69) is 0 Å². The van der Waals surface area contributed by atoms with Crippen molar-refractivity contribution in [1.29, 1.82) is 0 Å². The van der Waals surface area contributed by atoms with Gasteiger partial charge < -0.3 is 9.47 Å². The first-order valence-corrected chi connectivity index (χ1v) is 6.18. The van der Waals surface area contributed by atoms with Crippen LogP contribution in [0.4, 0.5) is 0 Å². The van der Waals surface area contributed by atoms with Crippen LogP contribution >= 0.6 is 0 Å². The Morgan fingerprint density at radius 1 is 0.933 bits per heavy atom. The lowest BCUT2D eigenvalue weighted by Gasteiger charge is -2.61. The lowest BCUT2D eigenvalue weighted by atomic mass is 9.41.